The SMILES string of the molecule is CC(C)[C@@H](NC(=O)COc1ccc(C(=O)O)cc1)C(=O)N1CC[C@](O)(c2ccc(Cl)cc2)C(C)(C)C1. The van der Waals surface area contributed by atoms with Gasteiger partial charge in [-0.05, 0) is 54.3 Å². The summed E-state index contributed by atoms with van der Waals surface area (Å²) in [6.07, 6.45) is 0.349. The molecule has 0 saturated carbocycles. The van der Waals surface area contributed by atoms with E-state index < -0.39 is 28.9 Å². The summed E-state index contributed by atoms with van der Waals surface area (Å²) < 4.78 is 5.45. The third kappa shape index (κ3) is 5.99. The zero-order valence-electron chi connectivity index (χ0n) is 21.0. The van der Waals surface area contributed by atoms with Crippen LogP contribution in [0.4, 0.5) is 0 Å². The van der Waals surface area contributed by atoms with E-state index >= 15 is 0 Å². The first-order valence-electron chi connectivity index (χ1n) is 11.9. The average Bonchev–Trinajstić information content (AvgIpc) is 2.83. The summed E-state index contributed by atoms with van der Waals surface area (Å²) in [4.78, 5) is 38.7. The van der Waals surface area contributed by atoms with Crippen LogP contribution in [0.5, 0.6) is 5.75 Å². The van der Waals surface area contributed by atoms with Gasteiger partial charge in [0, 0.05) is 23.5 Å². The monoisotopic (exact) mass is 516 g/mol. The molecule has 3 rings (SSSR count). The van der Waals surface area contributed by atoms with Crippen LogP contribution in [0, 0.1) is 11.3 Å². The fourth-order valence-electron chi connectivity index (χ4n) is 4.54. The molecular formula is C27H33ClN2O6. The van der Waals surface area contributed by atoms with Crippen molar-refractivity contribution in [2.75, 3.05) is 19.7 Å². The molecule has 1 heterocycles. The summed E-state index contributed by atoms with van der Waals surface area (Å²) >= 11 is 6.01. The maximum absolute atomic E-state index is 13.4. The third-order valence-corrected chi connectivity index (χ3v) is 7.06. The molecule has 1 aliphatic heterocycles. The predicted octanol–water partition coefficient (Wildman–Crippen LogP) is 3.70. The van der Waals surface area contributed by atoms with Crippen LogP contribution in [0.15, 0.2) is 48.5 Å². The minimum Gasteiger partial charge on any atom is -0.484 e. The molecule has 1 aliphatic rings. The van der Waals surface area contributed by atoms with Crippen molar-refractivity contribution in [1.29, 1.82) is 0 Å². The number of aliphatic hydroxyl groups is 1. The van der Waals surface area contributed by atoms with Crippen LogP contribution in [0.1, 0.15) is 50.0 Å². The normalized spacial score (nSPS) is 20.0. The number of hydrogen-bond acceptors (Lipinski definition) is 5. The lowest BCUT2D eigenvalue weighted by atomic mass is 9.66. The smallest absolute Gasteiger partial charge is 0.335 e. The minimum atomic E-state index is -1.13. The largest absolute Gasteiger partial charge is 0.484 e. The number of halogens is 1. The molecule has 0 aliphatic carbocycles. The van der Waals surface area contributed by atoms with Crippen LogP contribution >= 0.6 is 11.6 Å². The molecule has 1 saturated heterocycles. The molecule has 0 spiro atoms. The Morgan fingerprint density at radius 1 is 1.08 bits per heavy atom. The number of nitrogens with zero attached hydrogens (tertiary/aromatic N) is 1. The van der Waals surface area contributed by atoms with Gasteiger partial charge in [-0.15, -0.1) is 0 Å². The maximum atomic E-state index is 13.4. The first-order valence-corrected chi connectivity index (χ1v) is 12.2. The fraction of sp³-hybridized carbons (Fsp3) is 0.444. The Labute approximate surface area is 216 Å². The Balaban J connectivity index is 1.64. The summed E-state index contributed by atoms with van der Waals surface area (Å²) in [7, 11) is 0. The van der Waals surface area contributed by atoms with Gasteiger partial charge in [0.25, 0.3) is 5.91 Å². The van der Waals surface area contributed by atoms with Crippen molar-refractivity contribution in [3.05, 3.63) is 64.7 Å². The van der Waals surface area contributed by atoms with Crippen LogP contribution in [-0.2, 0) is 15.2 Å². The van der Waals surface area contributed by atoms with Crippen LogP contribution in [0.2, 0.25) is 5.02 Å². The topological polar surface area (TPSA) is 116 Å². The van der Waals surface area contributed by atoms with Crippen LogP contribution in [0.3, 0.4) is 0 Å². The molecule has 194 valence electrons. The van der Waals surface area contributed by atoms with Gasteiger partial charge in [0.2, 0.25) is 5.91 Å². The summed E-state index contributed by atoms with van der Waals surface area (Å²) in [6.45, 7) is 7.90. The lowest BCUT2D eigenvalue weighted by molar-refractivity contribution is -0.156. The van der Waals surface area contributed by atoms with E-state index in [4.69, 9.17) is 21.4 Å². The number of ether oxygens (including phenoxy) is 1. The van der Waals surface area contributed by atoms with Gasteiger partial charge in [0.1, 0.15) is 11.8 Å². The number of nitrogens with one attached hydrogen (secondary N) is 1. The molecule has 0 unspecified atom stereocenters. The number of carbonyl (C=O) groups excluding carboxylic acids is 2. The second-order valence-electron chi connectivity index (χ2n) is 10.2. The highest BCUT2D eigenvalue weighted by atomic mass is 35.5. The van der Waals surface area contributed by atoms with Crippen molar-refractivity contribution in [2.24, 2.45) is 11.3 Å². The zero-order chi connectivity index (χ0) is 26.7. The number of likely N-dealkylation sites (tertiary alicyclic amines) is 1. The van der Waals surface area contributed by atoms with Crippen LogP contribution in [0.25, 0.3) is 0 Å². The Morgan fingerprint density at radius 3 is 2.22 bits per heavy atom. The van der Waals surface area contributed by atoms with Crippen molar-refractivity contribution in [3.8, 4) is 5.75 Å². The molecule has 2 atom stereocenters. The highest BCUT2D eigenvalue weighted by Crippen LogP contribution is 2.46. The molecule has 0 bridgehead atoms. The highest BCUT2D eigenvalue weighted by Gasteiger charge is 2.50. The van der Waals surface area contributed by atoms with E-state index in [-0.39, 0.29) is 24.0 Å². The molecule has 2 aromatic carbocycles. The molecule has 0 aromatic heterocycles. The standard InChI is InChI=1S/C27H33ClN2O6/c1-17(2)23(29-22(31)15-36-21-11-5-18(6-12-21)25(33)34)24(32)30-14-13-27(35,26(3,4)16-30)19-7-9-20(28)10-8-19/h5-12,17,23,35H,13-16H2,1-4H3,(H,29,31)(H,33,34)/t23-,27+/m1/s1. The first kappa shape index (κ1) is 27.5. The number of hydrogen-bond donors (Lipinski definition) is 3. The van der Waals surface area contributed by atoms with E-state index in [0.717, 1.165) is 5.56 Å². The van der Waals surface area contributed by atoms with Crippen molar-refractivity contribution < 1.29 is 29.3 Å². The molecule has 0 radical (unpaired) electrons. The van der Waals surface area contributed by atoms with E-state index in [1.807, 2.05) is 39.8 Å². The highest BCUT2D eigenvalue weighted by molar-refractivity contribution is 6.30. The first-order chi connectivity index (χ1) is 16.8. The Kier molecular flexibility index (Phi) is 8.31. The number of piperidine rings is 1. The maximum Gasteiger partial charge on any atom is 0.335 e. The van der Waals surface area contributed by atoms with E-state index in [2.05, 4.69) is 5.32 Å². The summed E-state index contributed by atoms with van der Waals surface area (Å²) in [5, 5.41) is 23.9. The van der Waals surface area contributed by atoms with Crippen molar-refractivity contribution in [2.45, 2.75) is 45.8 Å². The van der Waals surface area contributed by atoms with Gasteiger partial charge in [-0.25, -0.2) is 4.79 Å². The van der Waals surface area contributed by atoms with Gasteiger partial charge in [-0.3, -0.25) is 9.59 Å². The van der Waals surface area contributed by atoms with Gasteiger partial charge in [-0.2, -0.15) is 0 Å². The van der Waals surface area contributed by atoms with Crippen molar-refractivity contribution in [1.82, 2.24) is 10.2 Å². The number of amides is 2. The van der Waals surface area contributed by atoms with Gasteiger partial charge < -0.3 is 25.2 Å². The molecule has 2 amide bonds. The molecule has 36 heavy (non-hydrogen) atoms. The van der Waals surface area contributed by atoms with Crippen LogP contribution in [-0.4, -0.2) is 58.6 Å². The number of aromatic carboxylic acids is 1. The van der Waals surface area contributed by atoms with Crippen LogP contribution < -0.4 is 10.1 Å². The van der Waals surface area contributed by atoms with E-state index in [0.29, 0.717) is 30.3 Å². The zero-order valence-corrected chi connectivity index (χ0v) is 21.7. The number of carbonyl (C=O) groups is 3. The van der Waals surface area contributed by atoms with E-state index in [1.54, 1.807) is 17.0 Å². The summed E-state index contributed by atoms with van der Waals surface area (Å²) in [5.41, 5.74) is -0.906. The second-order valence-corrected chi connectivity index (χ2v) is 10.6. The summed E-state index contributed by atoms with van der Waals surface area (Å²) in [6, 6.07) is 12.1. The number of carboxylic acids is 1. The van der Waals surface area contributed by atoms with E-state index in [9.17, 15) is 19.5 Å². The molecule has 9 heteroatoms. The Hall–Kier alpha value is -3.10. The predicted molar refractivity (Wildman–Crippen MR) is 136 cm³/mol. The number of carboxylic acid groups (broad SMARTS) is 1. The van der Waals surface area contributed by atoms with Crippen molar-refractivity contribution in [3.63, 3.8) is 0 Å². The van der Waals surface area contributed by atoms with Gasteiger partial charge >= 0.3 is 5.97 Å². The molecular weight excluding hydrogens is 484 g/mol. The number of rotatable bonds is 8. The minimum absolute atomic E-state index is 0.115. The lowest BCUT2D eigenvalue weighted by Gasteiger charge is -2.51. The van der Waals surface area contributed by atoms with E-state index in [1.165, 1.54) is 24.3 Å². The Morgan fingerprint density at radius 2 is 1.69 bits per heavy atom. The van der Waals surface area contributed by atoms with Gasteiger partial charge in [0.05, 0.1) is 11.2 Å². The fourth-order valence-corrected chi connectivity index (χ4v) is 4.66. The second kappa shape index (κ2) is 10.9. The molecule has 8 nitrogen and oxygen atoms in total. The lowest BCUT2D eigenvalue weighted by Crippen LogP contribution is -2.60. The third-order valence-electron chi connectivity index (χ3n) is 6.80. The summed E-state index contributed by atoms with van der Waals surface area (Å²) in [5.74, 6) is -1.54. The molecule has 3 N–H and O–H groups in total. The van der Waals surface area contributed by atoms with Crippen molar-refractivity contribution >= 4 is 29.4 Å². The average molecular weight is 517 g/mol. The molecule has 1 fully saturated rings. The van der Waals surface area contributed by atoms with Gasteiger partial charge in [-0.1, -0.05) is 51.4 Å². The Bertz CT molecular complexity index is 1100. The number of benzene rings is 2. The van der Waals surface area contributed by atoms with Gasteiger partial charge in [0.15, 0.2) is 6.61 Å². The quantitative estimate of drug-likeness (QED) is 0.492. The molecule has 2 aromatic rings.